The molecule has 3 aromatic heterocycles. The van der Waals surface area contributed by atoms with Gasteiger partial charge < -0.3 is 8.94 Å². The lowest BCUT2D eigenvalue weighted by molar-refractivity contribution is 0.429. The van der Waals surface area contributed by atoms with Gasteiger partial charge in [-0.1, -0.05) is 16.8 Å². The van der Waals surface area contributed by atoms with E-state index in [2.05, 4.69) is 15.1 Å². The van der Waals surface area contributed by atoms with Crippen molar-refractivity contribution in [3.63, 3.8) is 0 Å². The third kappa shape index (κ3) is 2.49. The second kappa shape index (κ2) is 5.33. The normalized spacial score (nSPS) is 11.0. The second-order valence-corrected chi connectivity index (χ2v) is 5.23. The molecule has 3 heterocycles. The highest BCUT2D eigenvalue weighted by atomic mass is 35.5. The monoisotopic (exact) mass is 325 g/mol. The van der Waals surface area contributed by atoms with Gasteiger partial charge >= 0.3 is 5.63 Å². The van der Waals surface area contributed by atoms with E-state index in [0.717, 1.165) is 0 Å². The zero-order chi connectivity index (χ0) is 15.8. The average molecular weight is 326 g/mol. The number of nitrogens with zero attached hydrogens (tertiary/aromatic N) is 3. The first kappa shape index (κ1) is 13.7. The molecule has 1 aromatic carbocycles. The molecule has 0 bridgehead atoms. The van der Waals surface area contributed by atoms with Crippen molar-refractivity contribution in [3.8, 4) is 22.8 Å². The van der Waals surface area contributed by atoms with Gasteiger partial charge in [0.2, 0.25) is 5.82 Å². The fourth-order valence-corrected chi connectivity index (χ4v) is 2.37. The SMILES string of the molecule is O=c1oc2ccc(Cl)cc2cc1-c1nc(-c2cccnc2)no1. The molecule has 0 saturated carbocycles. The number of rotatable bonds is 2. The first-order valence-electron chi connectivity index (χ1n) is 6.68. The number of hydrogen-bond acceptors (Lipinski definition) is 6. The Morgan fingerprint density at radius 3 is 2.87 bits per heavy atom. The average Bonchev–Trinajstić information content (AvgIpc) is 3.05. The van der Waals surface area contributed by atoms with E-state index in [9.17, 15) is 4.79 Å². The quantitative estimate of drug-likeness (QED) is 0.524. The zero-order valence-electron chi connectivity index (χ0n) is 11.6. The van der Waals surface area contributed by atoms with E-state index in [1.807, 2.05) is 0 Å². The van der Waals surface area contributed by atoms with Gasteiger partial charge in [-0.15, -0.1) is 0 Å². The lowest BCUT2D eigenvalue weighted by atomic mass is 10.2. The summed E-state index contributed by atoms with van der Waals surface area (Å²) in [5.74, 6) is 0.429. The van der Waals surface area contributed by atoms with Crippen LogP contribution in [0.1, 0.15) is 0 Å². The van der Waals surface area contributed by atoms with Gasteiger partial charge in [0, 0.05) is 28.4 Å². The molecular weight excluding hydrogens is 318 g/mol. The van der Waals surface area contributed by atoms with Crippen LogP contribution in [0.25, 0.3) is 33.8 Å². The van der Waals surface area contributed by atoms with Crippen molar-refractivity contribution in [2.45, 2.75) is 0 Å². The fraction of sp³-hybridized carbons (Fsp3) is 0. The molecule has 0 aliphatic rings. The molecule has 0 saturated heterocycles. The second-order valence-electron chi connectivity index (χ2n) is 4.79. The molecule has 4 rings (SSSR count). The van der Waals surface area contributed by atoms with Crippen LogP contribution < -0.4 is 5.63 Å². The minimum atomic E-state index is -0.554. The molecule has 6 nitrogen and oxygen atoms in total. The number of pyridine rings is 1. The summed E-state index contributed by atoms with van der Waals surface area (Å²) in [6, 6.07) is 10.2. The first-order chi connectivity index (χ1) is 11.2. The summed E-state index contributed by atoms with van der Waals surface area (Å²) in [6.45, 7) is 0. The van der Waals surface area contributed by atoms with Gasteiger partial charge in [0.1, 0.15) is 11.1 Å². The highest BCUT2D eigenvalue weighted by Crippen LogP contribution is 2.24. The number of benzene rings is 1. The van der Waals surface area contributed by atoms with E-state index < -0.39 is 5.63 Å². The number of halogens is 1. The third-order valence-corrected chi connectivity index (χ3v) is 3.51. The van der Waals surface area contributed by atoms with Crippen molar-refractivity contribution in [2.75, 3.05) is 0 Å². The Morgan fingerprint density at radius 2 is 2.04 bits per heavy atom. The number of fused-ring (bicyclic) bond motifs is 1. The number of hydrogen-bond donors (Lipinski definition) is 0. The Kier molecular flexibility index (Phi) is 3.17. The molecule has 0 N–H and O–H groups in total. The maximum absolute atomic E-state index is 12.1. The van der Waals surface area contributed by atoms with Gasteiger partial charge in [-0.3, -0.25) is 4.98 Å². The van der Waals surface area contributed by atoms with Crippen molar-refractivity contribution in [2.24, 2.45) is 0 Å². The molecule has 0 spiro atoms. The maximum Gasteiger partial charge on any atom is 0.349 e. The molecule has 0 aliphatic carbocycles. The lowest BCUT2D eigenvalue weighted by Gasteiger charge is -1.98. The molecule has 4 aromatic rings. The molecule has 0 unspecified atom stereocenters. The highest BCUT2D eigenvalue weighted by Gasteiger charge is 2.16. The molecule has 112 valence electrons. The Hall–Kier alpha value is -2.99. The molecule has 23 heavy (non-hydrogen) atoms. The summed E-state index contributed by atoms with van der Waals surface area (Å²) < 4.78 is 10.4. The van der Waals surface area contributed by atoms with Crippen LogP contribution in [0.4, 0.5) is 0 Å². The highest BCUT2D eigenvalue weighted by molar-refractivity contribution is 6.31. The topological polar surface area (TPSA) is 82.0 Å². The molecule has 0 radical (unpaired) electrons. The maximum atomic E-state index is 12.1. The largest absolute Gasteiger partial charge is 0.422 e. The van der Waals surface area contributed by atoms with Gasteiger partial charge in [-0.05, 0) is 36.4 Å². The van der Waals surface area contributed by atoms with Gasteiger partial charge in [0.25, 0.3) is 5.89 Å². The summed E-state index contributed by atoms with van der Waals surface area (Å²) in [5.41, 5.74) is 0.759. The molecule has 0 aliphatic heterocycles. The van der Waals surface area contributed by atoms with Crippen molar-refractivity contribution in [1.82, 2.24) is 15.1 Å². The Labute approximate surface area is 134 Å². The van der Waals surface area contributed by atoms with Crippen LogP contribution in [-0.4, -0.2) is 15.1 Å². The fourth-order valence-electron chi connectivity index (χ4n) is 2.19. The van der Waals surface area contributed by atoms with Crippen molar-refractivity contribution < 1.29 is 8.94 Å². The van der Waals surface area contributed by atoms with E-state index in [0.29, 0.717) is 27.4 Å². The van der Waals surface area contributed by atoms with E-state index in [1.165, 1.54) is 0 Å². The van der Waals surface area contributed by atoms with Crippen LogP contribution in [0, 0.1) is 0 Å². The first-order valence-corrected chi connectivity index (χ1v) is 7.06. The standard InChI is InChI=1S/C16H8ClN3O3/c17-11-3-4-13-10(6-11)7-12(16(21)22-13)15-19-14(20-23-15)9-2-1-5-18-8-9/h1-8H. The van der Waals surface area contributed by atoms with Crippen LogP contribution >= 0.6 is 11.6 Å². The molecule has 0 atom stereocenters. The van der Waals surface area contributed by atoms with Crippen LogP contribution in [0.15, 0.2) is 62.5 Å². The predicted octanol–water partition coefficient (Wildman–Crippen LogP) is 3.56. The van der Waals surface area contributed by atoms with Crippen LogP contribution in [0.2, 0.25) is 5.02 Å². The van der Waals surface area contributed by atoms with Gasteiger partial charge in [0.15, 0.2) is 0 Å². The smallest absolute Gasteiger partial charge is 0.349 e. The van der Waals surface area contributed by atoms with Crippen LogP contribution in [-0.2, 0) is 0 Å². The molecule has 7 heteroatoms. The number of aromatic nitrogens is 3. The van der Waals surface area contributed by atoms with Crippen molar-refractivity contribution in [1.29, 1.82) is 0 Å². The Morgan fingerprint density at radius 1 is 1.13 bits per heavy atom. The molecule has 0 fully saturated rings. The van der Waals surface area contributed by atoms with Gasteiger partial charge in [-0.2, -0.15) is 4.98 Å². The summed E-state index contributed by atoms with van der Waals surface area (Å²) in [5, 5.41) is 5.08. The van der Waals surface area contributed by atoms with Crippen LogP contribution in [0.3, 0.4) is 0 Å². The van der Waals surface area contributed by atoms with Crippen molar-refractivity contribution >= 4 is 22.6 Å². The van der Waals surface area contributed by atoms with E-state index in [4.69, 9.17) is 20.5 Å². The summed E-state index contributed by atoms with van der Waals surface area (Å²) in [4.78, 5) is 20.3. The van der Waals surface area contributed by atoms with Crippen molar-refractivity contribution in [3.05, 3.63) is 64.2 Å². The molecular formula is C16H8ClN3O3. The summed E-state index contributed by atoms with van der Waals surface area (Å²) >= 11 is 5.96. The molecule has 0 amide bonds. The van der Waals surface area contributed by atoms with Crippen LogP contribution in [0.5, 0.6) is 0 Å². The minimum absolute atomic E-state index is 0.0829. The Bertz CT molecular complexity index is 1060. The van der Waals surface area contributed by atoms with E-state index in [-0.39, 0.29) is 11.5 Å². The van der Waals surface area contributed by atoms with Gasteiger partial charge in [-0.25, -0.2) is 4.79 Å². The summed E-state index contributed by atoms with van der Waals surface area (Å²) in [6.07, 6.45) is 3.25. The lowest BCUT2D eigenvalue weighted by Crippen LogP contribution is -2.02. The Balaban J connectivity index is 1.85. The minimum Gasteiger partial charge on any atom is -0.422 e. The third-order valence-electron chi connectivity index (χ3n) is 3.27. The zero-order valence-corrected chi connectivity index (χ0v) is 12.3. The van der Waals surface area contributed by atoms with E-state index in [1.54, 1.807) is 48.8 Å². The van der Waals surface area contributed by atoms with E-state index >= 15 is 0 Å². The predicted molar refractivity (Wildman–Crippen MR) is 84.0 cm³/mol. The van der Waals surface area contributed by atoms with Gasteiger partial charge in [0.05, 0.1) is 0 Å². The summed E-state index contributed by atoms with van der Waals surface area (Å²) in [7, 11) is 0.